The van der Waals surface area contributed by atoms with E-state index in [9.17, 15) is 9.00 Å². The topological polar surface area (TPSA) is 67.4 Å². The molecule has 1 aliphatic rings. The molecular formula is C17H26N2O3S. The zero-order valence-electron chi connectivity index (χ0n) is 13.8. The number of rotatable bonds is 7. The number of benzene rings is 1. The summed E-state index contributed by atoms with van der Waals surface area (Å²) in [4.78, 5) is 12.1. The van der Waals surface area contributed by atoms with Crippen molar-refractivity contribution in [1.82, 2.24) is 5.32 Å². The fraction of sp³-hybridized carbons (Fsp3) is 0.588. The molecule has 0 heterocycles. The fourth-order valence-electron chi connectivity index (χ4n) is 2.87. The van der Waals surface area contributed by atoms with Gasteiger partial charge in [0, 0.05) is 41.1 Å². The maximum Gasteiger partial charge on any atom is 0.319 e. The second-order valence-electron chi connectivity index (χ2n) is 6.09. The summed E-state index contributed by atoms with van der Waals surface area (Å²) in [6.07, 6.45) is 3.40. The lowest BCUT2D eigenvalue weighted by molar-refractivity contribution is 0.218. The highest BCUT2D eigenvalue weighted by atomic mass is 32.2. The first-order valence-electron chi connectivity index (χ1n) is 8.09. The summed E-state index contributed by atoms with van der Waals surface area (Å²) in [7, 11) is 0.649. The van der Waals surface area contributed by atoms with Crippen LogP contribution >= 0.6 is 0 Å². The van der Waals surface area contributed by atoms with Crippen LogP contribution in [0.1, 0.15) is 31.7 Å². The molecule has 1 fully saturated rings. The third-order valence-corrected chi connectivity index (χ3v) is 5.48. The maximum atomic E-state index is 12.1. The van der Waals surface area contributed by atoms with E-state index in [1.807, 2.05) is 24.3 Å². The zero-order valence-corrected chi connectivity index (χ0v) is 14.7. The predicted molar refractivity (Wildman–Crippen MR) is 94.0 cm³/mol. The molecule has 2 amide bonds. The third-order valence-electron chi connectivity index (χ3n) is 4.21. The average molecular weight is 338 g/mol. The van der Waals surface area contributed by atoms with Crippen LogP contribution in [0.3, 0.4) is 0 Å². The Kier molecular flexibility index (Phi) is 7.05. The van der Waals surface area contributed by atoms with Crippen LogP contribution in [0.2, 0.25) is 0 Å². The van der Waals surface area contributed by atoms with Crippen molar-refractivity contribution in [2.75, 3.05) is 24.8 Å². The van der Waals surface area contributed by atoms with E-state index in [4.69, 9.17) is 4.74 Å². The van der Waals surface area contributed by atoms with Crippen LogP contribution in [0.15, 0.2) is 24.3 Å². The lowest BCUT2D eigenvalue weighted by Crippen LogP contribution is -2.39. The Labute approximate surface area is 140 Å². The van der Waals surface area contributed by atoms with Gasteiger partial charge in [-0.15, -0.1) is 0 Å². The van der Waals surface area contributed by atoms with Gasteiger partial charge in [-0.1, -0.05) is 25.5 Å². The summed E-state index contributed by atoms with van der Waals surface area (Å²) in [6, 6.07) is 7.62. The van der Waals surface area contributed by atoms with Crippen LogP contribution in [0.25, 0.3) is 0 Å². The van der Waals surface area contributed by atoms with Gasteiger partial charge in [-0.05, 0) is 36.5 Å². The molecule has 0 saturated heterocycles. The second kappa shape index (κ2) is 9.03. The van der Waals surface area contributed by atoms with Gasteiger partial charge in [-0.3, -0.25) is 4.21 Å². The van der Waals surface area contributed by atoms with E-state index in [1.165, 1.54) is 12.8 Å². The molecule has 1 saturated carbocycles. The minimum atomic E-state index is -0.954. The quantitative estimate of drug-likeness (QED) is 0.803. The summed E-state index contributed by atoms with van der Waals surface area (Å²) >= 11 is 0. The number of hydrogen-bond acceptors (Lipinski definition) is 3. The Bertz CT molecular complexity index is 550. The highest BCUT2D eigenvalue weighted by Crippen LogP contribution is 2.24. The molecule has 5 nitrogen and oxygen atoms in total. The van der Waals surface area contributed by atoms with Crippen LogP contribution in [-0.2, 0) is 21.3 Å². The molecule has 2 N–H and O–H groups in total. The Morgan fingerprint density at radius 2 is 2.22 bits per heavy atom. The first-order valence-corrected chi connectivity index (χ1v) is 9.57. The van der Waals surface area contributed by atoms with E-state index in [-0.39, 0.29) is 12.1 Å². The van der Waals surface area contributed by atoms with Crippen molar-refractivity contribution in [3.63, 3.8) is 0 Å². The molecular weight excluding hydrogens is 312 g/mol. The van der Waals surface area contributed by atoms with Crippen molar-refractivity contribution in [1.29, 1.82) is 0 Å². The van der Waals surface area contributed by atoms with Gasteiger partial charge in [0.15, 0.2) is 0 Å². The number of nitrogens with one attached hydrogen (secondary N) is 2. The Hall–Kier alpha value is -1.40. The second-order valence-corrected chi connectivity index (χ2v) is 7.67. The van der Waals surface area contributed by atoms with Crippen LogP contribution < -0.4 is 10.6 Å². The van der Waals surface area contributed by atoms with Crippen molar-refractivity contribution < 1.29 is 13.7 Å². The molecule has 128 valence electrons. The number of urea groups is 1. The lowest BCUT2D eigenvalue weighted by Gasteiger charge is -2.18. The van der Waals surface area contributed by atoms with E-state index in [0.717, 1.165) is 17.7 Å². The van der Waals surface area contributed by atoms with E-state index >= 15 is 0 Å². The molecule has 0 spiro atoms. The summed E-state index contributed by atoms with van der Waals surface area (Å²) in [5.41, 5.74) is 1.68. The number of carbonyl (C=O) groups excluding carboxylic acids is 1. The van der Waals surface area contributed by atoms with Gasteiger partial charge in [-0.25, -0.2) is 4.79 Å². The number of ether oxygens (including phenoxy) is 1. The number of hydrogen-bond donors (Lipinski definition) is 2. The summed E-state index contributed by atoms with van der Waals surface area (Å²) in [5, 5.41) is 5.91. The van der Waals surface area contributed by atoms with Gasteiger partial charge in [0.25, 0.3) is 0 Å². The van der Waals surface area contributed by atoms with Crippen molar-refractivity contribution in [2.24, 2.45) is 5.92 Å². The van der Waals surface area contributed by atoms with E-state index in [1.54, 1.807) is 7.11 Å². The maximum absolute atomic E-state index is 12.1. The summed E-state index contributed by atoms with van der Waals surface area (Å²) < 4.78 is 16.8. The van der Waals surface area contributed by atoms with Crippen LogP contribution in [-0.4, -0.2) is 35.8 Å². The fourth-order valence-corrected chi connectivity index (χ4v) is 3.92. The SMILES string of the molecule is COCC[S@](=O)Cc1cccc(NC(=O)N[C@H]2CCC[C@@H]2C)c1. The molecule has 1 aromatic carbocycles. The number of carbonyl (C=O) groups is 1. The van der Waals surface area contributed by atoms with Crippen molar-refractivity contribution >= 4 is 22.5 Å². The van der Waals surface area contributed by atoms with E-state index < -0.39 is 10.8 Å². The molecule has 0 unspecified atom stereocenters. The molecule has 6 heteroatoms. The molecule has 0 radical (unpaired) electrons. The monoisotopic (exact) mass is 338 g/mol. The Morgan fingerprint density at radius 1 is 1.39 bits per heavy atom. The lowest BCUT2D eigenvalue weighted by atomic mass is 10.1. The van der Waals surface area contributed by atoms with E-state index in [2.05, 4.69) is 17.6 Å². The summed E-state index contributed by atoms with van der Waals surface area (Å²) in [6.45, 7) is 2.67. The van der Waals surface area contributed by atoms with Crippen LogP contribution in [0.4, 0.5) is 10.5 Å². The van der Waals surface area contributed by atoms with Crippen LogP contribution in [0, 0.1) is 5.92 Å². The molecule has 0 bridgehead atoms. The Balaban J connectivity index is 1.86. The van der Waals surface area contributed by atoms with Gasteiger partial charge < -0.3 is 15.4 Å². The van der Waals surface area contributed by atoms with Gasteiger partial charge in [0.05, 0.1) is 6.61 Å². The summed E-state index contributed by atoms with van der Waals surface area (Å²) in [5.74, 6) is 1.53. The molecule has 0 aromatic heterocycles. The van der Waals surface area contributed by atoms with Gasteiger partial charge in [-0.2, -0.15) is 0 Å². The molecule has 1 aromatic rings. The minimum Gasteiger partial charge on any atom is -0.384 e. The Morgan fingerprint density at radius 3 is 2.91 bits per heavy atom. The predicted octanol–water partition coefficient (Wildman–Crippen LogP) is 2.89. The molecule has 3 atom stereocenters. The van der Waals surface area contributed by atoms with Crippen molar-refractivity contribution in [3.05, 3.63) is 29.8 Å². The minimum absolute atomic E-state index is 0.165. The van der Waals surface area contributed by atoms with Gasteiger partial charge >= 0.3 is 6.03 Å². The number of methoxy groups -OCH3 is 1. The zero-order chi connectivity index (χ0) is 16.7. The van der Waals surface area contributed by atoms with Gasteiger partial charge in [0.2, 0.25) is 0 Å². The molecule has 23 heavy (non-hydrogen) atoms. The first kappa shape index (κ1) is 17.9. The third kappa shape index (κ3) is 5.95. The highest BCUT2D eigenvalue weighted by Gasteiger charge is 2.24. The van der Waals surface area contributed by atoms with Crippen LogP contribution in [0.5, 0.6) is 0 Å². The van der Waals surface area contributed by atoms with Gasteiger partial charge in [0.1, 0.15) is 0 Å². The largest absolute Gasteiger partial charge is 0.384 e. The molecule has 2 rings (SSSR count). The van der Waals surface area contributed by atoms with E-state index in [0.29, 0.717) is 24.0 Å². The standard InChI is InChI=1S/C17H26N2O3S/c1-13-5-3-8-16(13)19-17(20)18-15-7-4-6-14(11-15)12-23(21)10-9-22-2/h4,6-7,11,13,16H,3,5,8-10,12H2,1-2H3,(H2,18,19,20)/t13-,16-,23-/m0/s1. The molecule has 0 aliphatic heterocycles. The smallest absolute Gasteiger partial charge is 0.319 e. The average Bonchev–Trinajstić information content (AvgIpc) is 2.90. The number of anilines is 1. The van der Waals surface area contributed by atoms with Crippen molar-refractivity contribution in [2.45, 2.75) is 38.0 Å². The molecule has 1 aliphatic carbocycles. The normalized spacial score (nSPS) is 21.8. The number of amides is 2. The van der Waals surface area contributed by atoms with Crippen molar-refractivity contribution in [3.8, 4) is 0 Å². The highest BCUT2D eigenvalue weighted by molar-refractivity contribution is 7.84. The first-order chi connectivity index (χ1) is 11.1.